The third kappa shape index (κ3) is 4.93. The van der Waals surface area contributed by atoms with E-state index in [-0.39, 0.29) is 24.2 Å². The Balaban J connectivity index is 1.37. The first-order chi connectivity index (χ1) is 14.9. The molecule has 31 heavy (non-hydrogen) atoms. The lowest BCUT2D eigenvalue weighted by Gasteiger charge is -2.29. The maximum Gasteiger partial charge on any atom is 0.228 e. The first-order valence-electron chi connectivity index (χ1n) is 10.7. The van der Waals surface area contributed by atoms with E-state index in [1.807, 2.05) is 32.2 Å². The number of hydrogen-bond donors (Lipinski definition) is 0. The smallest absolute Gasteiger partial charge is 0.228 e. The van der Waals surface area contributed by atoms with Crippen LogP contribution < -0.4 is 9.80 Å². The quantitative estimate of drug-likeness (QED) is 0.648. The van der Waals surface area contributed by atoms with Gasteiger partial charge in [-0.1, -0.05) is 28.1 Å². The normalized spacial score (nSPS) is 19.1. The van der Waals surface area contributed by atoms with E-state index in [1.54, 1.807) is 9.80 Å². The average molecular weight is 486 g/mol. The highest BCUT2D eigenvalue weighted by Gasteiger charge is 2.37. The number of benzene rings is 2. The van der Waals surface area contributed by atoms with Gasteiger partial charge < -0.3 is 19.4 Å². The van der Waals surface area contributed by atoms with Gasteiger partial charge in [-0.25, -0.2) is 0 Å². The second-order valence-electron chi connectivity index (χ2n) is 8.30. The first-order valence-corrected chi connectivity index (χ1v) is 11.4. The largest absolute Gasteiger partial charge is 0.378 e. The van der Waals surface area contributed by atoms with Crippen molar-refractivity contribution in [2.45, 2.75) is 19.9 Å². The second-order valence-corrected chi connectivity index (χ2v) is 9.21. The summed E-state index contributed by atoms with van der Waals surface area (Å²) in [7, 11) is 1.82. The summed E-state index contributed by atoms with van der Waals surface area (Å²) < 4.78 is 6.39. The van der Waals surface area contributed by atoms with Gasteiger partial charge in [0.2, 0.25) is 11.8 Å². The van der Waals surface area contributed by atoms with Gasteiger partial charge in [0.05, 0.1) is 19.1 Å². The molecule has 2 aliphatic rings. The average Bonchev–Trinajstić information content (AvgIpc) is 3.15. The molecule has 6 nitrogen and oxygen atoms in total. The molecule has 0 bridgehead atoms. The summed E-state index contributed by atoms with van der Waals surface area (Å²) in [6, 6.07) is 14.2. The summed E-state index contributed by atoms with van der Waals surface area (Å²) in [5, 5.41) is 0. The van der Waals surface area contributed by atoms with E-state index in [2.05, 4.69) is 45.1 Å². The molecular weight excluding hydrogens is 458 g/mol. The summed E-state index contributed by atoms with van der Waals surface area (Å²) in [6.45, 7) is 6.27. The van der Waals surface area contributed by atoms with Crippen LogP contribution in [0.5, 0.6) is 0 Å². The number of rotatable bonds is 5. The Morgan fingerprint density at radius 1 is 1.16 bits per heavy atom. The van der Waals surface area contributed by atoms with E-state index in [0.29, 0.717) is 13.1 Å². The Morgan fingerprint density at radius 2 is 1.87 bits per heavy atom. The SMILES string of the molecule is Cc1cc(Br)ccc1N1CC(C(=O)N(C)Cc2ccc(N3CCOCC3)cc2)CC1=O. The van der Waals surface area contributed by atoms with Crippen molar-refractivity contribution in [2.75, 3.05) is 49.7 Å². The molecule has 2 fully saturated rings. The summed E-state index contributed by atoms with van der Waals surface area (Å²) in [4.78, 5) is 31.5. The van der Waals surface area contributed by atoms with Crippen LogP contribution in [0.1, 0.15) is 17.5 Å². The van der Waals surface area contributed by atoms with E-state index in [0.717, 1.165) is 47.6 Å². The fourth-order valence-corrected chi connectivity index (χ4v) is 4.80. The maximum absolute atomic E-state index is 13.0. The van der Waals surface area contributed by atoms with Crippen LogP contribution in [-0.2, 0) is 20.9 Å². The van der Waals surface area contributed by atoms with E-state index in [9.17, 15) is 9.59 Å². The third-order valence-electron chi connectivity index (χ3n) is 6.03. The van der Waals surface area contributed by atoms with Gasteiger partial charge in [-0.2, -0.15) is 0 Å². The van der Waals surface area contributed by atoms with Crippen LogP contribution in [0.4, 0.5) is 11.4 Å². The number of aryl methyl sites for hydroxylation is 1. The van der Waals surface area contributed by atoms with Crippen molar-refractivity contribution in [3.63, 3.8) is 0 Å². The molecule has 0 radical (unpaired) electrons. The molecule has 1 atom stereocenters. The lowest BCUT2D eigenvalue weighted by molar-refractivity contribution is -0.135. The molecule has 2 aliphatic heterocycles. The third-order valence-corrected chi connectivity index (χ3v) is 6.53. The molecule has 2 aromatic rings. The van der Waals surface area contributed by atoms with Crippen LogP contribution in [0.2, 0.25) is 0 Å². The number of anilines is 2. The number of halogens is 1. The Labute approximate surface area is 191 Å². The molecule has 1 unspecified atom stereocenters. The second kappa shape index (κ2) is 9.40. The minimum absolute atomic E-state index is 0.00652. The van der Waals surface area contributed by atoms with Gasteiger partial charge in [0.15, 0.2) is 0 Å². The van der Waals surface area contributed by atoms with Crippen molar-refractivity contribution in [1.82, 2.24) is 4.90 Å². The molecule has 4 rings (SSSR count). The van der Waals surface area contributed by atoms with Crippen LogP contribution >= 0.6 is 15.9 Å². The molecule has 2 aromatic carbocycles. The molecule has 7 heteroatoms. The van der Waals surface area contributed by atoms with Crippen LogP contribution in [0.25, 0.3) is 0 Å². The number of amides is 2. The van der Waals surface area contributed by atoms with E-state index >= 15 is 0 Å². The summed E-state index contributed by atoms with van der Waals surface area (Å²) in [6.07, 6.45) is 0.259. The van der Waals surface area contributed by atoms with Gasteiger partial charge in [0, 0.05) is 55.5 Å². The zero-order valence-corrected chi connectivity index (χ0v) is 19.6. The molecular formula is C24H28BrN3O3. The Morgan fingerprint density at radius 3 is 2.55 bits per heavy atom. The molecule has 0 aromatic heterocycles. The van der Waals surface area contributed by atoms with Crippen molar-refractivity contribution in [2.24, 2.45) is 5.92 Å². The molecule has 0 saturated carbocycles. The van der Waals surface area contributed by atoms with Crippen LogP contribution in [0.15, 0.2) is 46.9 Å². The predicted molar refractivity (Wildman–Crippen MR) is 125 cm³/mol. The number of ether oxygens (including phenoxy) is 1. The number of nitrogens with zero attached hydrogens (tertiary/aromatic N) is 3. The molecule has 2 saturated heterocycles. The molecule has 0 aliphatic carbocycles. The zero-order valence-electron chi connectivity index (χ0n) is 18.0. The molecule has 2 amide bonds. The van der Waals surface area contributed by atoms with Gasteiger partial charge in [-0.15, -0.1) is 0 Å². The van der Waals surface area contributed by atoms with E-state index in [4.69, 9.17) is 4.74 Å². The van der Waals surface area contributed by atoms with Crippen molar-refractivity contribution in [1.29, 1.82) is 0 Å². The van der Waals surface area contributed by atoms with Gasteiger partial charge in [0.1, 0.15) is 0 Å². The van der Waals surface area contributed by atoms with Crippen molar-refractivity contribution in [3.05, 3.63) is 58.1 Å². The van der Waals surface area contributed by atoms with Gasteiger partial charge in [0.25, 0.3) is 0 Å². The zero-order chi connectivity index (χ0) is 22.0. The van der Waals surface area contributed by atoms with Gasteiger partial charge in [-0.3, -0.25) is 9.59 Å². The fraction of sp³-hybridized carbons (Fsp3) is 0.417. The molecule has 2 heterocycles. The minimum atomic E-state index is -0.312. The van der Waals surface area contributed by atoms with E-state index in [1.165, 1.54) is 5.69 Å². The fourth-order valence-electron chi connectivity index (χ4n) is 4.32. The Hall–Kier alpha value is -2.38. The monoisotopic (exact) mass is 485 g/mol. The summed E-state index contributed by atoms with van der Waals surface area (Å²) in [5.74, 6) is -0.289. The van der Waals surface area contributed by atoms with Gasteiger partial charge in [-0.05, 0) is 48.4 Å². The van der Waals surface area contributed by atoms with E-state index < -0.39 is 0 Å². The van der Waals surface area contributed by atoms with Crippen LogP contribution in [0.3, 0.4) is 0 Å². The predicted octanol–water partition coefficient (Wildman–Crippen LogP) is 3.61. The first kappa shape index (κ1) is 21.8. The minimum Gasteiger partial charge on any atom is -0.378 e. The Bertz CT molecular complexity index is 957. The van der Waals surface area contributed by atoms with Crippen molar-refractivity contribution >= 4 is 39.1 Å². The molecule has 0 spiro atoms. The standard InChI is InChI=1S/C24H28BrN3O3/c1-17-13-20(25)5-8-22(17)28-16-19(14-23(28)29)24(30)26(2)15-18-3-6-21(7-4-18)27-9-11-31-12-10-27/h3-8,13,19H,9-12,14-16H2,1-2H3. The summed E-state index contributed by atoms with van der Waals surface area (Å²) >= 11 is 3.46. The highest BCUT2D eigenvalue weighted by molar-refractivity contribution is 9.10. The van der Waals surface area contributed by atoms with Crippen LogP contribution in [-0.4, -0.2) is 56.6 Å². The number of morpholine rings is 1. The lowest BCUT2D eigenvalue weighted by atomic mass is 10.1. The number of carbonyl (C=O) groups excluding carboxylic acids is 2. The van der Waals surface area contributed by atoms with Crippen molar-refractivity contribution in [3.8, 4) is 0 Å². The molecule has 164 valence electrons. The summed E-state index contributed by atoms with van der Waals surface area (Å²) in [5.41, 5.74) is 4.16. The highest BCUT2D eigenvalue weighted by atomic mass is 79.9. The number of hydrogen-bond acceptors (Lipinski definition) is 4. The van der Waals surface area contributed by atoms with Gasteiger partial charge >= 0.3 is 0 Å². The maximum atomic E-state index is 13.0. The Kier molecular flexibility index (Phi) is 6.62. The molecule has 0 N–H and O–H groups in total. The number of carbonyl (C=O) groups is 2. The van der Waals surface area contributed by atoms with Crippen molar-refractivity contribution < 1.29 is 14.3 Å². The highest BCUT2D eigenvalue weighted by Crippen LogP contribution is 2.30. The topological polar surface area (TPSA) is 53.1 Å². The lowest BCUT2D eigenvalue weighted by Crippen LogP contribution is -2.36. The van der Waals surface area contributed by atoms with Crippen LogP contribution in [0, 0.1) is 12.8 Å².